The number of aryl methyl sites for hydroxylation is 1. The highest BCUT2D eigenvalue weighted by molar-refractivity contribution is 5.72. The number of carboxylic acids is 1. The minimum atomic E-state index is -1.34. The third-order valence-electron chi connectivity index (χ3n) is 1.72. The van der Waals surface area contributed by atoms with Crippen molar-refractivity contribution in [3.63, 3.8) is 0 Å². The Balaban J connectivity index is 2.58. The van der Waals surface area contributed by atoms with E-state index in [4.69, 9.17) is 10.2 Å². The largest absolute Gasteiger partial charge is 0.479 e. The summed E-state index contributed by atoms with van der Waals surface area (Å²) < 4.78 is 1.68. The molecule has 1 unspecified atom stereocenters. The van der Waals surface area contributed by atoms with Gasteiger partial charge in [0.05, 0.1) is 6.20 Å². The molecule has 13 heavy (non-hydrogen) atoms. The average Bonchev–Trinajstić information content (AvgIpc) is 2.52. The van der Waals surface area contributed by atoms with E-state index in [1.54, 1.807) is 17.1 Å². The standard InChI is InChI=1S/C8H12N2O3/c1-2-10-5-6(4-9-10)3-7(11)8(12)13/h4-5,7,11H,2-3H2,1H3,(H,12,13). The topological polar surface area (TPSA) is 75.4 Å². The molecule has 1 rings (SSSR count). The van der Waals surface area contributed by atoms with E-state index in [0.717, 1.165) is 12.1 Å². The summed E-state index contributed by atoms with van der Waals surface area (Å²) in [7, 11) is 0. The molecule has 1 aromatic heterocycles. The van der Waals surface area contributed by atoms with Crippen LogP contribution in [0, 0.1) is 0 Å². The number of nitrogens with zero attached hydrogens (tertiary/aromatic N) is 2. The van der Waals surface area contributed by atoms with Gasteiger partial charge < -0.3 is 10.2 Å². The van der Waals surface area contributed by atoms with Gasteiger partial charge in [0.1, 0.15) is 0 Å². The number of aromatic nitrogens is 2. The predicted molar refractivity (Wildman–Crippen MR) is 45.2 cm³/mol. The molecule has 1 aromatic rings. The van der Waals surface area contributed by atoms with E-state index in [2.05, 4.69) is 5.10 Å². The monoisotopic (exact) mass is 184 g/mol. The number of aliphatic hydroxyl groups excluding tert-OH is 1. The fourth-order valence-electron chi connectivity index (χ4n) is 0.995. The second kappa shape index (κ2) is 4.04. The van der Waals surface area contributed by atoms with Crippen molar-refractivity contribution in [3.05, 3.63) is 18.0 Å². The summed E-state index contributed by atoms with van der Waals surface area (Å²) in [5.41, 5.74) is 0.733. The summed E-state index contributed by atoms with van der Waals surface area (Å²) in [6.07, 6.45) is 2.06. The average molecular weight is 184 g/mol. The van der Waals surface area contributed by atoms with Crippen LogP contribution < -0.4 is 0 Å². The smallest absolute Gasteiger partial charge is 0.332 e. The zero-order valence-corrected chi connectivity index (χ0v) is 7.34. The Labute approximate surface area is 75.6 Å². The van der Waals surface area contributed by atoms with E-state index in [0.29, 0.717) is 0 Å². The fourth-order valence-corrected chi connectivity index (χ4v) is 0.995. The fraction of sp³-hybridized carbons (Fsp3) is 0.500. The number of rotatable bonds is 4. The van der Waals surface area contributed by atoms with Crippen LogP contribution in [0.5, 0.6) is 0 Å². The first-order chi connectivity index (χ1) is 6.13. The molecule has 0 saturated heterocycles. The minimum Gasteiger partial charge on any atom is -0.479 e. The molecule has 2 N–H and O–H groups in total. The molecule has 0 bridgehead atoms. The highest BCUT2D eigenvalue weighted by Crippen LogP contribution is 2.02. The Bertz CT molecular complexity index is 295. The van der Waals surface area contributed by atoms with E-state index >= 15 is 0 Å². The number of carboxylic acid groups (broad SMARTS) is 1. The van der Waals surface area contributed by atoms with Crippen molar-refractivity contribution in [1.82, 2.24) is 9.78 Å². The van der Waals surface area contributed by atoms with Gasteiger partial charge >= 0.3 is 5.97 Å². The zero-order valence-electron chi connectivity index (χ0n) is 7.34. The summed E-state index contributed by atoms with van der Waals surface area (Å²) in [6.45, 7) is 2.67. The van der Waals surface area contributed by atoms with Gasteiger partial charge in [0.15, 0.2) is 6.10 Å². The van der Waals surface area contributed by atoms with Crippen molar-refractivity contribution >= 4 is 5.97 Å². The Kier molecular flexibility index (Phi) is 3.02. The third-order valence-corrected chi connectivity index (χ3v) is 1.72. The van der Waals surface area contributed by atoms with E-state index in [9.17, 15) is 4.79 Å². The molecular weight excluding hydrogens is 172 g/mol. The molecule has 0 amide bonds. The van der Waals surface area contributed by atoms with Crippen molar-refractivity contribution in [3.8, 4) is 0 Å². The van der Waals surface area contributed by atoms with Gasteiger partial charge in [0.25, 0.3) is 0 Å². The molecule has 0 aliphatic rings. The van der Waals surface area contributed by atoms with Gasteiger partial charge in [-0.15, -0.1) is 0 Å². The van der Waals surface area contributed by atoms with Crippen LogP contribution in [0.2, 0.25) is 0 Å². The van der Waals surface area contributed by atoms with Gasteiger partial charge in [-0.05, 0) is 12.5 Å². The first-order valence-corrected chi connectivity index (χ1v) is 4.05. The van der Waals surface area contributed by atoms with Gasteiger partial charge in [-0.25, -0.2) is 4.79 Å². The second-order valence-corrected chi connectivity index (χ2v) is 2.76. The van der Waals surface area contributed by atoms with Gasteiger partial charge in [0, 0.05) is 19.2 Å². The summed E-state index contributed by atoms with van der Waals surface area (Å²) in [4.78, 5) is 10.3. The van der Waals surface area contributed by atoms with Crippen molar-refractivity contribution < 1.29 is 15.0 Å². The van der Waals surface area contributed by atoms with Crippen LogP contribution in [0.4, 0.5) is 0 Å². The molecule has 0 saturated carbocycles. The lowest BCUT2D eigenvalue weighted by Gasteiger charge is -2.01. The lowest BCUT2D eigenvalue weighted by Crippen LogP contribution is -2.21. The maximum atomic E-state index is 10.3. The minimum absolute atomic E-state index is 0.106. The Hall–Kier alpha value is -1.36. The van der Waals surface area contributed by atoms with Crippen LogP contribution >= 0.6 is 0 Å². The van der Waals surface area contributed by atoms with Crippen LogP contribution in [-0.2, 0) is 17.8 Å². The van der Waals surface area contributed by atoms with E-state index in [1.165, 1.54) is 0 Å². The summed E-state index contributed by atoms with van der Waals surface area (Å²) in [6, 6.07) is 0. The first kappa shape index (κ1) is 9.73. The van der Waals surface area contributed by atoms with E-state index in [1.807, 2.05) is 6.92 Å². The molecule has 1 heterocycles. The molecule has 0 aliphatic heterocycles. The maximum absolute atomic E-state index is 10.3. The predicted octanol–water partition coefficient (Wildman–Crippen LogP) is -0.109. The molecule has 1 atom stereocenters. The van der Waals surface area contributed by atoms with Crippen LogP contribution in [0.15, 0.2) is 12.4 Å². The van der Waals surface area contributed by atoms with Crippen LogP contribution in [0.1, 0.15) is 12.5 Å². The third kappa shape index (κ3) is 2.55. The van der Waals surface area contributed by atoms with E-state index < -0.39 is 12.1 Å². The van der Waals surface area contributed by atoms with Crippen LogP contribution in [-0.4, -0.2) is 32.1 Å². The zero-order chi connectivity index (χ0) is 9.84. The number of carbonyl (C=O) groups is 1. The molecular formula is C8H12N2O3. The van der Waals surface area contributed by atoms with Gasteiger partial charge in [-0.3, -0.25) is 4.68 Å². The molecule has 5 nitrogen and oxygen atoms in total. The highest BCUT2D eigenvalue weighted by Gasteiger charge is 2.14. The second-order valence-electron chi connectivity index (χ2n) is 2.76. The summed E-state index contributed by atoms with van der Waals surface area (Å²) >= 11 is 0. The Morgan fingerprint density at radius 1 is 1.77 bits per heavy atom. The highest BCUT2D eigenvalue weighted by atomic mass is 16.4. The quantitative estimate of drug-likeness (QED) is 0.684. The molecule has 0 fully saturated rings. The van der Waals surface area contributed by atoms with Crippen molar-refractivity contribution in [2.24, 2.45) is 0 Å². The van der Waals surface area contributed by atoms with Crippen LogP contribution in [0.25, 0.3) is 0 Å². The molecule has 5 heteroatoms. The molecule has 0 radical (unpaired) electrons. The summed E-state index contributed by atoms with van der Waals surface area (Å²) in [5.74, 6) is -1.20. The SMILES string of the molecule is CCn1cc(CC(O)C(=O)O)cn1. The van der Waals surface area contributed by atoms with E-state index in [-0.39, 0.29) is 6.42 Å². The van der Waals surface area contributed by atoms with Gasteiger partial charge in [-0.1, -0.05) is 0 Å². The maximum Gasteiger partial charge on any atom is 0.332 e. The molecule has 0 spiro atoms. The lowest BCUT2D eigenvalue weighted by molar-refractivity contribution is -0.146. The summed E-state index contributed by atoms with van der Waals surface area (Å²) in [5, 5.41) is 21.4. The molecule has 0 aromatic carbocycles. The Morgan fingerprint density at radius 2 is 2.46 bits per heavy atom. The molecule has 72 valence electrons. The number of aliphatic hydroxyl groups is 1. The van der Waals surface area contributed by atoms with Gasteiger partial charge in [-0.2, -0.15) is 5.10 Å². The van der Waals surface area contributed by atoms with Crippen molar-refractivity contribution in [1.29, 1.82) is 0 Å². The first-order valence-electron chi connectivity index (χ1n) is 4.05. The molecule has 0 aliphatic carbocycles. The number of aliphatic carboxylic acids is 1. The number of hydrogen-bond donors (Lipinski definition) is 2. The van der Waals surface area contributed by atoms with Crippen molar-refractivity contribution in [2.45, 2.75) is 26.0 Å². The number of hydrogen-bond acceptors (Lipinski definition) is 3. The van der Waals surface area contributed by atoms with Gasteiger partial charge in [0.2, 0.25) is 0 Å². The van der Waals surface area contributed by atoms with Crippen molar-refractivity contribution in [2.75, 3.05) is 0 Å². The Morgan fingerprint density at radius 3 is 2.92 bits per heavy atom. The normalized spacial score (nSPS) is 12.8. The van der Waals surface area contributed by atoms with Crippen LogP contribution in [0.3, 0.4) is 0 Å². The lowest BCUT2D eigenvalue weighted by atomic mass is 10.2.